The number of carbonyl (C=O) groups is 2. The van der Waals surface area contributed by atoms with Crippen molar-refractivity contribution in [3.8, 4) is 0 Å². The van der Waals surface area contributed by atoms with Gasteiger partial charge < -0.3 is 4.74 Å². The molecule has 1 unspecified atom stereocenters. The number of hydrogen-bond acceptors (Lipinski definition) is 7. The van der Waals surface area contributed by atoms with Crippen LogP contribution in [0.15, 0.2) is 17.4 Å². The first-order chi connectivity index (χ1) is 9.67. The van der Waals surface area contributed by atoms with Crippen LogP contribution in [-0.4, -0.2) is 52.8 Å². The molecular weight excluding hydrogens is 280 g/mol. The molecule has 108 valence electrons. The van der Waals surface area contributed by atoms with E-state index in [1.165, 1.54) is 36.1 Å². The molecule has 7 nitrogen and oxygen atoms in total. The number of carbonyl (C=O) groups excluding carboxylic acids is 2. The Labute approximate surface area is 121 Å². The lowest BCUT2D eigenvalue weighted by Crippen LogP contribution is -2.56. The highest BCUT2D eigenvalue weighted by Gasteiger charge is 2.34. The van der Waals surface area contributed by atoms with Crippen LogP contribution in [0.5, 0.6) is 0 Å². The molecule has 0 spiro atoms. The van der Waals surface area contributed by atoms with E-state index >= 15 is 0 Å². The van der Waals surface area contributed by atoms with E-state index in [9.17, 15) is 9.59 Å². The fraction of sp³-hybridized carbons (Fsp3) is 0.500. The first-order valence-corrected chi connectivity index (χ1v) is 7.41. The summed E-state index contributed by atoms with van der Waals surface area (Å²) in [7, 11) is 1.32. The van der Waals surface area contributed by atoms with Gasteiger partial charge in [-0.1, -0.05) is 11.8 Å². The first-order valence-electron chi connectivity index (χ1n) is 6.19. The van der Waals surface area contributed by atoms with E-state index < -0.39 is 12.0 Å². The maximum absolute atomic E-state index is 12.5. The molecule has 0 aliphatic carbocycles. The Balaban J connectivity index is 2.22. The van der Waals surface area contributed by atoms with E-state index in [-0.39, 0.29) is 11.6 Å². The van der Waals surface area contributed by atoms with Gasteiger partial charge in [-0.2, -0.15) is 0 Å². The Morgan fingerprint density at radius 2 is 2.35 bits per heavy atom. The molecule has 2 rings (SSSR count). The molecule has 0 radical (unpaired) electrons. The fourth-order valence-electron chi connectivity index (χ4n) is 1.99. The Kier molecular flexibility index (Phi) is 4.91. The van der Waals surface area contributed by atoms with Crippen molar-refractivity contribution in [2.75, 3.05) is 19.9 Å². The number of hydrazine groups is 1. The second-order valence-electron chi connectivity index (χ2n) is 4.19. The maximum atomic E-state index is 12.5. The number of nitrogens with one attached hydrogen (secondary N) is 1. The zero-order valence-electron chi connectivity index (χ0n) is 11.3. The van der Waals surface area contributed by atoms with Crippen LogP contribution in [0.2, 0.25) is 0 Å². The van der Waals surface area contributed by atoms with Crippen LogP contribution in [0.25, 0.3) is 0 Å². The number of ether oxygens (including phenoxy) is 1. The van der Waals surface area contributed by atoms with Crippen molar-refractivity contribution in [1.29, 1.82) is 0 Å². The van der Waals surface area contributed by atoms with Crippen molar-refractivity contribution in [2.24, 2.45) is 0 Å². The fourth-order valence-corrected chi connectivity index (χ4v) is 2.34. The minimum atomic E-state index is -0.617. The van der Waals surface area contributed by atoms with E-state index in [4.69, 9.17) is 4.74 Å². The number of rotatable bonds is 3. The monoisotopic (exact) mass is 296 g/mol. The quantitative estimate of drug-likeness (QED) is 0.493. The Morgan fingerprint density at radius 3 is 3.05 bits per heavy atom. The predicted molar refractivity (Wildman–Crippen MR) is 73.0 cm³/mol. The number of nitrogens with zero attached hydrogens (tertiary/aromatic N) is 3. The summed E-state index contributed by atoms with van der Waals surface area (Å²) < 4.78 is 4.74. The number of esters is 1. The molecule has 1 fully saturated rings. The molecule has 0 saturated carbocycles. The molecule has 1 aliphatic heterocycles. The lowest BCUT2D eigenvalue weighted by molar-refractivity contribution is -0.148. The van der Waals surface area contributed by atoms with Crippen molar-refractivity contribution < 1.29 is 14.3 Å². The molecule has 1 aromatic rings. The summed E-state index contributed by atoms with van der Waals surface area (Å²) >= 11 is 1.35. The molecule has 1 aliphatic rings. The summed E-state index contributed by atoms with van der Waals surface area (Å²) in [6, 6.07) is 0.918. The zero-order valence-corrected chi connectivity index (χ0v) is 12.1. The smallest absolute Gasteiger partial charge is 0.330 e. The van der Waals surface area contributed by atoms with Gasteiger partial charge >= 0.3 is 5.97 Å². The van der Waals surface area contributed by atoms with Gasteiger partial charge in [0, 0.05) is 12.7 Å². The Hall–Kier alpha value is -1.67. The molecule has 1 N–H and O–H groups in total. The van der Waals surface area contributed by atoms with Crippen molar-refractivity contribution in [1.82, 2.24) is 20.4 Å². The van der Waals surface area contributed by atoms with Gasteiger partial charge in [0.15, 0.2) is 5.16 Å². The van der Waals surface area contributed by atoms with Gasteiger partial charge in [-0.25, -0.2) is 20.2 Å². The summed E-state index contributed by atoms with van der Waals surface area (Å²) in [6.07, 6.45) is 4.75. The van der Waals surface area contributed by atoms with Crippen LogP contribution in [0, 0.1) is 0 Å². The molecule has 1 atom stereocenters. The molecule has 1 amide bonds. The maximum Gasteiger partial charge on any atom is 0.330 e. The van der Waals surface area contributed by atoms with Gasteiger partial charge in [0.1, 0.15) is 11.7 Å². The first kappa shape index (κ1) is 14.7. The number of aromatic nitrogens is 2. The van der Waals surface area contributed by atoms with Crippen molar-refractivity contribution in [2.45, 2.75) is 24.0 Å². The van der Waals surface area contributed by atoms with Crippen LogP contribution in [0.3, 0.4) is 0 Å². The summed E-state index contributed by atoms with van der Waals surface area (Å²) in [6.45, 7) is 0.639. The van der Waals surface area contributed by atoms with Crippen LogP contribution < -0.4 is 5.43 Å². The third-order valence-electron chi connectivity index (χ3n) is 2.98. The minimum Gasteiger partial charge on any atom is -0.467 e. The molecule has 0 bridgehead atoms. The molecule has 8 heteroatoms. The molecular formula is C12H16N4O3S. The predicted octanol–water partition coefficient (Wildman–Crippen LogP) is 0.481. The Bertz CT molecular complexity index is 511. The number of hydrogen-bond donors (Lipinski definition) is 1. The van der Waals surface area contributed by atoms with Crippen molar-refractivity contribution in [3.05, 3.63) is 18.0 Å². The largest absolute Gasteiger partial charge is 0.467 e. The lowest BCUT2D eigenvalue weighted by atomic mass is 10.1. The van der Waals surface area contributed by atoms with Crippen molar-refractivity contribution >= 4 is 23.6 Å². The second-order valence-corrected chi connectivity index (χ2v) is 4.97. The topological polar surface area (TPSA) is 84.4 Å². The zero-order chi connectivity index (χ0) is 14.5. The van der Waals surface area contributed by atoms with Crippen LogP contribution in [-0.2, 0) is 9.53 Å². The van der Waals surface area contributed by atoms with Gasteiger partial charge in [0.05, 0.1) is 7.11 Å². The average Bonchev–Trinajstić information content (AvgIpc) is 2.53. The van der Waals surface area contributed by atoms with E-state index in [0.29, 0.717) is 18.1 Å². The normalized spacial score (nSPS) is 18.7. The van der Waals surface area contributed by atoms with Gasteiger partial charge in [-0.3, -0.25) is 9.80 Å². The van der Waals surface area contributed by atoms with Gasteiger partial charge in [0.2, 0.25) is 0 Å². The highest BCUT2D eigenvalue weighted by molar-refractivity contribution is 7.98. The van der Waals surface area contributed by atoms with Gasteiger partial charge in [0.25, 0.3) is 5.91 Å². The Morgan fingerprint density at radius 1 is 1.55 bits per heavy atom. The standard InChI is InChI=1S/C12H16N4O3S/c1-19-11(18)9-4-3-6-14-16(9)10(17)8-5-7-13-12(15-8)20-2/h5,7,9,14H,3-4,6H2,1-2H3. The lowest BCUT2D eigenvalue weighted by Gasteiger charge is -2.33. The second kappa shape index (κ2) is 6.67. The molecule has 2 heterocycles. The number of amides is 1. The minimum absolute atomic E-state index is 0.257. The van der Waals surface area contributed by atoms with Gasteiger partial charge in [-0.15, -0.1) is 0 Å². The average molecular weight is 296 g/mol. The van der Waals surface area contributed by atoms with Crippen LogP contribution >= 0.6 is 11.8 Å². The molecule has 1 saturated heterocycles. The third-order valence-corrected chi connectivity index (χ3v) is 3.54. The molecule has 1 aromatic heterocycles. The van der Waals surface area contributed by atoms with Gasteiger partial charge in [-0.05, 0) is 25.2 Å². The van der Waals surface area contributed by atoms with E-state index in [1.54, 1.807) is 0 Å². The summed E-state index contributed by atoms with van der Waals surface area (Å²) in [5, 5.41) is 1.82. The summed E-state index contributed by atoms with van der Waals surface area (Å²) in [5.74, 6) is -0.775. The highest BCUT2D eigenvalue weighted by atomic mass is 32.2. The highest BCUT2D eigenvalue weighted by Crippen LogP contribution is 2.16. The molecule has 0 aromatic carbocycles. The van der Waals surface area contributed by atoms with E-state index in [2.05, 4.69) is 15.4 Å². The number of thioether (sulfide) groups is 1. The third kappa shape index (κ3) is 3.07. The summed E-state index contributed by atoms with van der Waals surface area (Å²) in [4.78, 5) is 32.4. The van der Waals surface area contributed by atoms with Crippen LogP contribution in [0.4, 0.5) is 0 Å². The SMILES string of the molecule is COC(=O)C1CCCNN1C(=O)c1ccnc(SC)n1. The van der Waals surface area contributed by atoms with E-state index in [0.717, 1.165) is 6.42 Å². The summed E-state index contributed by atoms with van der Waals surface area (Å²) in [5.41, 5.74) is 3.19. The molecule has 20 heavy (non-hydrogen) atoms. The van der Waals surface area contributed by atoms with Crippen LogP contribution in [0.1, 0.15) is 23.3 Å². The number of methoxy groups -OCH3 is 1. The van der Waals surface area contributed by atoms with Crippen molar-refractivity contribution in [3.63, 3.8) is 0 Å². The van der Waals surface area contributed by atoms with E-state index in [1.807, 2.05) is 6.26 Å².